The van der Waals surface area contributed by atoms with Gasteiger partial charge in [0.15, 0.2) is 6.29 Å². The summed E-state index contributed by atoms with van der Waals surface area (Å²) in [6.45, 7) is 14.5. The van der Waals surface area contributed by atoms with Crippen molar-refractivity contribution in [3.05, 3.63) is 11.6 Å². The summed E-state index contributed by atoms with van der Waals surface area (Å²) in [5.74, 6) is 4.45. The van der Waals surface area contributed by atoms with Crippen molar-refractivity contribution in [2.75, 3.05) is 6.61 Å². The molecule has 0 amide bonds. The van der Waals surface area contributed by atoms with E-state index in [4.69, 9.17) is 14.2 Å². The molecule has 5 aliphatic rings. The molecular formula is C49H86O7. The minimum atomic E-state index is -1.44. The van der Waals surface area contributed by atoms with Crippen LogP contribution in [0.4, 0.5) is 0 Å². The number of hydrogen-bond acceptors (Lipinski definition) is 7. The normalized spacial score (nSPS) is 37.4. The first kappa shape index (κ1) is 46.1. The van der Waals surface area contributed by atoms with E-state index in [1.165, 1.54) is 115 Å². The molecule has 5 unspecified atom stereocenters. The monoisotopic (exact) mass is 787 g/mol. The standard InChI is InChI=1S/C49H86O7/c1-7-8-9-10-11-12-13-14-15-16-17-18-19-23-43(50)54-33-42-44(51)45(52)46(53)47(56-42)55-37-28-30-48(5)36(32-37)24-25-38-40-27-26-39(35(4)22-20-21-34(2)3)49(40,6)31-29-41(38)48/h24,34-35,37-42,44-47,51-53H,7-23,25-33H2,1-6H3/t35-,37?,38?,39?,40?,41?,42-,44-,45+,46-,47-,48+,49-/m1/s1. The van der Waals surface area contributed by atoms with Gasteiger partial charge in [0.1, 0.15) is 31.0 Å². The molecule has 0 bridgehead atoms. The van der Waals surface area contributed by atoms with Gasteiger partial charge in [0.25, 0.3) is 0 Å². The molecule has 0 aromatic rings. The fourth-order valence-electron chi connectivity index (χ4n) is 12.7. The zero-order chi connectivity index (χ0) is 40.3. The van der Waals surface area contributed by atoms with Crippen molar-refractivity contribution in [1.82, 2.24) is 0 Å². The van der Waals surface area contributed by atoms with Crippen molar-refractivity contribution in [1.29, 1.82) is 0 Å². The first-order valence-electron chi connectivity index (χ1n) is 24.1. The van der Waals surface area contributed by atoms with Gasteiger partial charge in [-0.25, -0.2) is 0 Å². The molecule has 1 saturated heterocycles. The van der Waals surface area contributed by atoms with E-state index in [9.17, 15) is 20.1 Å². The second kappa shape index (κ2) is 22.0. The van der Waals surface area contributed by atoms with Crippen molar-refractivity contribution in [2.24, 2.45) is 46.3 Å². The lowest BCUT2D eigenvalue weighted by Gasteiger charge is -2.58. The van der Waals surface area contributed by atoms with Crippen LogP contribution in [0.1, 0.15) is 202 Å². The molecule has 0 radical (unpaired) electrons. The number of ether oxygens (including phenoxy) is 3. The Morgan fingerprint density at radius 2 is 1.45 bits per heavy atom. The Kier molecular flexibility index (Phi) is 18.1. The Morgan fingerprint density at radius 3 is 2.11 bits per heavy atom. The van der Waals surface area contributed by atoms with E-state index < -0.39 is 30.7 Å². The quantitative estimate of drug-likeness (QED) is 0.0538. The van der Waals surface area contributed by atoms with Gasteiger partial charge < -0.3 is 29.5 Å². The number of esters is 1. The van der Waals surface area contributed by atoms with Gasteiger partial charge in [-0.05, 0) is 104 Å². The summed E-state index contributed by atoms with van der Waals surface area (Å²) in [6, 6.07) is 0. The first-order valence-corrected chi connectivity index (χ1v) is 24.1. The molecule has 324 valence electrons. The molecule has 4 fully saturated rings. The zero-order valence-electron chi connectivity index (χ0n) is 36.9. The summed E-state index contributed by atoms with van der Waals surface area (Å²) >= 11 is 0. The van der Waals surface area contributed by atoms with Gasteiger partial charge in [-0.2, -0.15) is 0 Å². The van der Waals surface area contributed by atoms with Gasteiger partial charge in [-0.15, -0.1) is 0 Å². The highest BCUT2D eigenvalue weighted by Gasteiger charge is 2.59. The summed E-state index contributed by atoms with van der Waals surface area (Å²) < 4.78 is 18.0. The number of allylic oxidation sites excluding steroid dienone is 1. The van der Waals surface area contributed by atoms with Gasteiger partial charge in [0.05, 0.1) is 6.10 Å². The number of aliphatic hydroxyl groups excluding tert-OH is 3. The predicted octanol–water partition coefficient (Wildman–Crippen LogP) is 11.2. The van der Waals surface area contributed by atoms with Gasteiger partial charge >= 0.3 is 5.97 Å². The number of fused-ring (bicyclic) bond motifs is 5. The lowest BCUT2D eigenvalue weighted by Crippen LogP contribution is -2.60. The van der Waals surface area contributed by atoms with Gasteiger partial charge in [0.2, 0.25) is 0 Å². The predicted molar refractivity (Wildman–Crippen MR) is 226 cm³/mol. The summed E-state index contributed by atoms with van der Waals surface area (Å²) in [4.78, 5) is 12.6. The molecule has 5 rings (SSSR count). The Balaban J connectivity index is 1.03. The van der Waals surface area contributed by atoms with E-state index in [2.05, 4.69) is 47.6 Å². The molecule has 56 heavy (non-hydrogen) atoms. The maximum Gasteiger partial charge on any atom is 0.305 e. The first-order chi connectivity index (χ1) is 26.9. The van der Waals surface area contributed by atoms with E-state index in [0.29, 0.717) is 17.8 Å². The summed E-state index contributed by atoms with van der Waals surface area (Å²) in [7, 11) is 0. The second-order valence-electron chi connectivity index (χ2n) is 20.5. The molecule has 0 aromatic carbocycles. The van der Waals surface area contributed by atoms with E-state index >= 15 is 0 Å². The van der Waals surface area contributed by atoms with Crippen molar-refractivity contribution >= 4 is 5.97 Å². The lowest BCUT2D eigenvalue weighted by atomic mass is 9.47. The van der Waals surface area contributed by atoms with Crippen LogP contribution in [0.3, 0.4) is 0 Å². The molecule has 3 N–H and O–H groups in total. The molecule has 0 aromatic heterocycles. The molecule has 1 aliphatic heterocycles. The van der Waals surface area contributed by atoms with E-state index in [-0.39, 0.29) is 24.1 Å². The largest absolute Gasteiger partial charge is 0.463 e. The number of carbonyl (C=O) groups excluding carboxylic acids is 1. The van der Waals surface area contributed by atoms with Crippen molar-refractivity contribution in [3.8, 4) is 0 Å². The highest BCUT2D eigenvalue weighted by atomic mass is 16.7. The topological polar surface area (TPSA) is 105 Å². The number of rotatable bonds is 23. The van der Waals surface area contributed by atoms with E-state index in [1.54, 1.807) is 0 Å². The molecule has 7 heteroatoms. The van der Waals surface area contributed by atoms with Crippen LogP contribution in [0.15, 0.2) is 11.6 Å². The number of aliphatic hydroxyl groups is 3. The maximum absolute atomic E-state index is 12.6. The van der Waals surface area contributed by atoms with Crippen LogP contribution in [0, 0.1) is 46.3 Å². The summed E-state index contributed by atoms with van der Waals surface area (Å²) in [5, 5.41) is 32.4. The fraction of sp³-hybridized carbons (Fsp3) is 0.939. The molecule has 1 heterocycles. The summed E-state index contributed by atoms with van der Waals surface area (Å²) in [5.41, 5.74) is 2.15. The molecule has 0 spiro atoms. The molecule has 13 atom stereocenters. The third-order valence-corrected chi connectivity index (χ3v) is 16.1. The zero-order valence-corrected chi connectivity index (χ0v) is 36.9. The average molecular weight is 787 g/mol. The Hall–Kier alpha value is -0.990. The summed E-state index contributed by atoms with van der Waals surface area (Å²) in [6.07, 6.45) is 26.2. The lowest BCUT2D eigenvalue weighted by molar-refractivity contribution is -0.313. The average Bonchev–Trinajstić information content (AvgIpc) is 3.53. The minimum Gasteiger partial charge on any atom is -0.463 e. The Morgan fingerprint density at radius 1 is 0.786 bits per heavy atom. The van der Waals surface area contributed by atoms with Crippen molar-refractivity contribution in [2.45, 2.75) is 239 Å². The number of hydrogen-bond donors (Lipinski definition) is 3. The maximum atomic E-state index is 12.6. The number of carbonyl (C=O) groups is 1. The highest BCUT2D eigenvalue weighted by Crippen LogP contribution is 2.67. The van der Waals surface area contributed by atoms with Crippen LogP contribution in [0.2, 0.25) is 0 Å². The van der Waals surface area contributed by atoms with E-state index in [0.717, 1.165) is 74.5 Å². The van der Waals surface area contributed by atoms with Crippen LogP contribution in [0.25, 0.3) is 0 Å². The number of unbranched alkanes of at least 4 members (excludes halogenated alkanes) is 12. The molecule has 7 nitrogen and oxygen atoms in total. The van der Waals surface area contributed by atoms with Crippen molar-refractivity contribution in [3.63, 3.8) is 0 Å². The third-order valence-electron chi connectivity index (χ3n) is 16.1. The van der Waals surface area contributed by atoms with Crippen LogP contribution < -0.4 is 0 Å². The smallest absolute Gasteiger partial charge is 0.305 e. The fourth-order valence-corrected chi connectivity index (χ4v) is 12.7. The third kappa shape index (κ3) is 11.6. The van der Waals surface area contributed by atoms with Crippen LogP contribution in [-0.2, 0) is 19.0 Å². The van der Waals surface area contributed by atoms with Crippen LogP contribution in [0.5, 0.6) is 0 Å². The van der Waals surface area contributed by atoms with Crippen LogP contribution >= 0.6 is 0 Å². The minimum absolute atomic E-state index is 0.136. The Bertz CT molecular complexity index is 1200. The van der Waals surface area contributed by atoms with E-state index in [1.807, 2.05) is 0 Å². The van der Waals surface area contributed by atoms with Crippen LogP contribution in [-0.4, -0.2) is 64.7 Å². The molecular weight excluding hydrogens is 701 g/mol. The van der Waals surface area contributed by atoms with Crippen molar-refractivity contribution < 1.29 is 34.3 Å². The second-order valence-corrected chi connectivity index (χ2v) is 20.5. The van der Waals surface area contributed by atoms with Gasteiger partial charge in [-0.1, -0.05) is 150 Å². The molecule has 3 saturated carbocycles. The van der Waals surface area contributed by atoms with Gasteiger partial charge in [0, 0.05) is 6.42 Å². The SMILES string of the molecule is CCCCCCCCCCCCCCCC(=O)OC[C@H]1O[C@@H](OC2CC[C@@]3(C)C(=CCC4C5CCC([C@H](C)CCCC(C)C)[C@@]5(C)CCC43)C2)[C@H](O)[C@@H](O)[C@@H]1O. The molecule has 4 aliphatic carbocycles. The van der Waals surface area contributed by atoms with Gasteiger partial charge in [-0.3, -0.25) is 4.79 Å². The Labute approximate surface area is 342 Å². The highest BCUT2D eigenvalue weighted by molar-refractivity contribution is 5.69.